The molecule has 0 amide bonds. The lowest BCUT2D eigenvalue weighted by atomic mass is 10.1. The molecule has 0 unspecified atom stereocenters. The Bertz CT molecular complexity index is 802. The molecule has 114 valence electrons. The SMILES string of the molecule is CN(C1CCNCC1)S(=O)(=O)c1ccc2[nH]c(=O)[nH]c2c1. The molecule has 0 radical (unpaired) electrons. The van der Waals surface area contributed by atoms with E-state index in [1.54, 1.807) is 13.1 Å². The van der Waals surface area contributed by atoms with Crippen molar-refractivity contribution in [1.29, 1.82) is 0 Å². The van der Waals surface area contributed by atoms with Crippen molar-refractivity contribution >= 4 is 21.1 Å². The third-order valence-corrected chi connectivity index (χ3v) is 5.89. The fourth-order valence-corrected chi connectivity index (χ4v) is 4.15. The maximum absolute atomic E-state index is 12.7. The molecule has 21 heavy (non-hydrogen) atoms. The summed E-state index contributed by atoms with van der Waals surface area (Å²) in [6.45, 7) is 1.66. The first-order chi connectivity index (χ1) is 9.98. The van der Waals surface area contributed by atoms with E-state index >= 15 is 0 Å². The summed E-state index contributed by atoms with van der Waals surface area (Å²) in [6, 6.07) is 4.65. The monoisotopic (exact) mass is 310 g/mol. The van der Waals surface area contributed by atoms with Crippen LogP contribution in [-0.2, 0) is 10.0 Å². The highest BCUT2D eigenvalue weighted by molar-refractivity contribution is 7.89. The largest absolute Gasteiger partial charge is 0.323 e. The quantitative estimate of drug-likeness (QED) is 0.756. The maximum atomic E-state index is 12.7. The molecule has 2 heterocycles. The van der Waals surface area contributed by atoms with Gasteiger partial charge in [-0.2, -0.15) is 4.31 Å². The van der Waals surface area contributed by atoms with Crippen LogP contribution in [0, 0.1) is 0 Å². The number of aromatic nitrogens is 2. The molecular formula is C13H18N4O3S. The molecule has 1 aliphatic rings. The summed E-state index contributed by atoms with van der Waals surface area (Å²) in [4.78, 5) is 16.6. The van der Waals surface area contributed by atoms with Crippen molar-refractivity contribution in [1.82, 2.24) is 19.6 Å². The molecule has 0 aliphatic carbocycles. The highest BCUT2D eigenvalue weighted by Crippen LogP contribution is 2.22. The van der Waals surface area contributed by atoms with Gasteiger partial charge in [0.05, 0.1) is 15.9 Å². The number of hydrogen-bond donors (Lipinski definition) is 3. The summed E-state index contributed by atoms with van der Waals surface area (Å²) in [6.07, 6.45) is 1.61. The van der Waals surface area contributed by atoms with E-state index in [9.17, 15) is 13.2 Å². The molecule has 0 bridgehead atoms. The van der Waals surface area contributed by atoms with Crippen molar-refractivity contribution in [2.75, 3.05) is 20.1 Å². The molecule has 7 nitrogen and oxygen atoms in total. The van der Waals surface area contributed by atoms with Crippen LogP contribution < -0.4 is 11.0 Å². The first kappa shape index (κ1) is 14.3. The topological polar surface area (TPSA) is 98.1 Å². The lowest BCUT2D eigenvalue weighted by molar-refractivity contribution is 0.296. The van der Waals surface area contributed by atoms with Crippen LogP contribution in [0.5, 0.6) is 0 Å². The zero-order valence-electron chi connectivity index (χ0n) is 11.7. The van der Waals surface area contributed by atoms with E-state index in [2.05, 4.69) is 15.3 Å². The number of piperidine rings is 1. The molecule has 0 atom stereocenters. The standard InChI is InChI=1S/C13H18N4O3S/c1-17(9-4-6-14-7-5-9)21(19,20)10-2-3-11-12(8-10)16-13(18)15-11/h2-3,8-9,14H,4-7H2,1H3,(H2,15,16,18). The van der Waals surface area contributed by atoms with Gasteiger partial charge >= 0.3 is 5.69 Å². The van der Waals surface area contributed by atoms with Crippen molar-refractivity contribution in [2.24, 2.45) is 0 Å². The van der Waals surface area contributed by atoms with E-state index in [4.69, 9.17) is 0 Å². The zero-order chi connectivity index (χ0) is 15.0. The van der Waals surface area contributed by atoms with Gasteiger partial charge in [-0.05, 0) is 44.1 Å². The number of hydrogen-bond acceptors (Lipinski definition) is 4. The summed E-state index contributed by atoms with van der Waals surface area (Å²) in [5, 5.41) is 3.22. The Labute approximate surface area is 122 Å². The maximum Gasteiger partial charge on any atom is 0.323 e. The van der Waals surface area contributed by atoms with Crippen LogP contribution in [-0.4, -0.2) is 48.9 Å². The van der Waals surface area contributed by atoms with E-state index in [1.165, 1.54) is 16.4 Å². The Morgan fingerprint density at radius 2 is 1.81 bits per heavy atom. The lowest BCUT2D eigenvalue weighted by Gasteiger charge is -2.30. The van der Waals surface area contributed by atoms with Crippen LogP contribution in [0.4, 0.5) is 0 Å². The molecule has 2 aromatic rings. The minimum Gasteiger partial charge on any atom is -0.317 e. The number of rotatable bonds is 3. The minimum absolute atomic E-state index is 0.0113. The van der Waals surface area contributed by atoms with E-state index in [0.29, 0.717) is 11.0 Å². The molecule has 1 aromatic heterocycles. The number of benzene rings is 1. The van der Waals surface area contributed by atoms with Crippen LogP contribution >= 0.6 is 0 Å². The lowest BCUT2D eigenvalue weighted by Crippen LogP contribution is -2.43. The molecule has 1 aromatic carbocycles. The van der Waals surface area contributed by atoms with Crippen LogP contribution in [0.3, 0.4) is 0 Å². The summed E-state index contributed by atoms with van der Waals surface area (Å²) < 4.78 is 26.8. The Morgan fingerprint density at radius 3 is 2.52 bits per heavy atom. The second-order valence-electron chi connectivity index (χ2n) is 5.29. The number of nitrogens with zero attached hydrogens (tertiary/aromatic N) is 1. The predicted molar refractivity (Wildman–Crippen MR) is 79.8 cm³/mol. The summed E-state index contributed by atoms with van der Waals surface area (Å²) in [5.74, 6) is 0. The molecular weight excluding hydrogens is 292 g/mol. The number of aromatic amines is 2. The number of H-pyrrole nitrogens is 2. The van der Waals surface area contributed by atoms with Gasteiger partial charge in [-0.25, -0.2) is 13.2 Å². The van der Waals surface area contributed by atoms with Gasteiger partial charge in [0.25, 0.3) is 0 Å². The third-order valence-electron chi connectivity index (χ3n) is 3.99. The molecule has 8 heteroatoms. The molecule has 3 rings (SSSR count). The second kappa shape index (κ2) is 5.28. The predicted octanol–water partition coefficient (Wildman–Crippen LogP) is 0.229. The highest BCUT2D eigenvalue weighted by atomic mass is 32.2. The van der Waals surface area contributed by atoms with Gasteiger partial charge in [0.2, 0.25) is 10.0 Å². The van der Waals surface area contributed by atoms with Gasteiger partial charge in [-0.15, -0.1) is 0 Å². The number of nitrogens with one attached hydrogen (secondary N) is 3. The third kappa shape index (κ3) is 2.61. The van der Waals surface area contributed by atoms with E-state index in [1.807, 2.05) is 0 Å². The van der Waals surface area contributed by atoms with E-state index in [0.717, 1.165) is 25.9 Å². The Morgan fingerprint density at radius 1 is 1.14 bits per heavy atom. The molecule has 0 spiro atoms. The van der Waals surface area contributed by atoms with Gasteiger partial charge in [-0.1, -0.05) is 0 Å². The average molecular weight is 310 g/mol. The molecule has 1 saturated heterocycles. The Balaban J connectivity index is 1.96. The van der Waals surface area contributed by atoms with Crippen molar-refractivity contribution < 1.29 is 8.42 Å². The fraction of sp³-hybridized carbons (Fsp3) is 0.462. The van der Waals surface area contributed by atoms with Crippen LogP contribution in [0.15, 0.2) is 27.9 Å². The summed E-state index contributed by atoms with van der Waals surface area (Å²) in [5.41, 5.74) is 0.759. The van der Waals surface area contributed by atoms with Gasteiger partial charge in [-0.3, -0.25) is 0 Å². The molecule has 0 saturated carbocycles. The molecule has 3 N–H and O–H groups in total. The van der Waals surface area contributed by atoms with Crippen LogP contribution in [0.2, 0.25) is 0 Å². The van der Waals surface area contributed by atoms with Gasteiger partial charge in [0.1, 0.15) is 0 Å². The van der Waals surface area contributed by atoms with Gasteiger partial charge in [0, 0.05) is 13.1 Å². The minimum atomic E-state index is -3.55. The number of imidazole rings is 1. The molecule has 1 aliphatic heterocycles. The van der Waals surface area contributed by atoms with Crippen molar-refractivity contribution in [2.45, 2.75) is 23.8 Å². The fourth-order valence-electron chi connectivity index (χ4n) is 2.70. The number of sulfonamides is 1. The first-order valence-electron chi connectivity index (χ1n) is 6.89. The van der Waals surface area contributed by atoms with E-state index < -0.39 is 10.0 Å². The van der Waals surface area contributed by atoms with Crippen LogP contribution in [0.1, 0.15) is 12.8 Å². The van der Waals surface area contributed by atoms with Crippen molar-refractivity contribution in [3.8, 4) is 0 Å². The first-order valence-corrected chi connectivity index (χ1v) is 8.33. The highest BCUT2D eigenvalue weighted by Gasteiger charge is 2.29. The summed E-state index contributed by atoms with van der Waals surface area (Å²) >= 11 is 0. The number of fused-ring (bicyclic) bond motifs is 1. The van der Waals surface area contributed by atoms with Gasteiger partial charge < -0.3 is 15.3 Å². The average Bonchev–Trinajstić information content (AvgIpc) is 2.86. The second-order valence-corrected chi connectivity index (χ2v) is 7.29. The van der Waals surface area contributed by atoms with Crippen molar-refractivity contribution in [3.05, 3.63) is 28.7 Å². The summed E-state index contributed by atoms with van der Waals surface area (Å²) in [7, 11) is -1.93. The normalized spacial score (nSPS) is 17.6. The van der Waals surface area contributed by atoms with Crippen LogP contribution in [0.25, 0.3) is 11.0 Å². The van der Waals surface area contributed by atoms with Gasteiger partial charge in [0.15, 0.2) is 0 Å². The molecule has 1 fully saturated rings. The van der Waals surface area contributed by atoms with E-state index in [-0.39, 0.29) is 16.6 Å². The zero-order valence-corrected chi connectivity index (χ0v) is 12.5. The van der Waals surface area contributed by atoms with Crippen molar-refractivity contribution in [3.63, 3.8) is 0 Å². The Kier molecular flexibility index (Phi) is 3.60. The smallest absolute Gasteiger partial charge is 0.317 e. The Hall–Kier alpha value is -1.64.